The van der Waals surface area contributed by atoms with Crippen LogP contribution in [0, 0.1) is 0 Å². The van der Waals surface area contributed by atoms with Gasteiger partial charge in [0.1, 0.15) is 5.69 Å². The van der Waals surface area contributed by atoms with Gasteiger partial charge in [0.15, 0.2) is 5.82 Å². The van der Waals surface area contributed by atoms with E-state index in [2.05, 4.69) is 247 Å². The highest BCUT2D eigenvalue weighted by molar-refractivity contribution is 6.09. The van der Waals surface area contributed by atoms with Gasteiger partial charge in [-0.05, 0) is 62.5 Å². The molecule has 3 heterocycles. The first kappa shape index (κ1) is 39.6. The molecule has 0 bridgehead atoms. The average Bonchev–Trinajstić information content (AvgIpc) is 3.83. The first-order valence-electron chi connectivity index (χ1n) is 22.7. The van der Waals surface area contributed by atoms with E-state index in [0.29, 0.717) is 5.82 Å². The Morgan fingerprint density at radius 2 is 0.672 bits per heavy atom. The summed E-state index contributed by atoms with van der Waals surface area (Å²) in [6.07, 6.45) is 0. The molecule has 4 heteroatoms. The lowest BCUT2D eigenvalue weighted by Crippen LogP contribution is -1.96. The number of rotatable bonds is 9. The molecule has 0 amide bonds. The van der Waals surface area contributed by atoms with Gasteiger partial charge in [-0.15, -0.1) is 0 Å². The number of nitrogens with zero attached hydrogens (tertiary/aromatic N) is 4. The molecule has 0 N–H and O–H groups in total. The zero-order valence-corrected chi connectivity index (χ0v) is 36.5. The molecule has 3 aromatic heterocycles. The molecule has 0 unspecified atom stereocenters. The molecule has 12 rings (SSSR count). The minimum atomic E-state index is 0.684. The molecule has 0 aliphatic rings. The van der Waals surface area contributed by atoms with Gasteiger partial charge in [-0.3, -0.25) is 0 Å². The molecule has 0 radical (unpaired) electrons. The first-order valence-corrected chi connectivity index (χ1v) is 22.7. The smallest absolute Gasteiger partial charge is 0.160 e. The fourth-order valence-electron chi connectivity index (χ4n) is 9.23. The molecule has 0 aliphatic carbocycles. The third-order valence-corrected chi connectivity index (χ3v) is 12.7. The van der Waals surface area contributed by atoms with Gasteiger partial charge >= 0.3 is 0 Å². The summed E-state index contributed by atoms with van der Waals surface area (Å²) in [6, 6.07) is 89.9. The van der Waals surface area contributed by atoms with Crippen LogP contribution in [0.15, 0.2) is 255 Å². The molecule has 12 aromatic rings. The molecule has 0 saturated carbocycles. The Hall–Kier alpha value is -8.99. The van der Waals surface area contributed by atoms with Crippen LogP contribution < -0.4 is 0 Å². The Morgan fingerprint density at radius 3 is 1.18 bits per heavy atom. The minimum Gasteiger partial charge on any atom is -0.231 e. The molecule has 0 aliphatic heterocycles. The largest absolute Gasteiger partial charge is 0.231 e. The first-order chi connectivity index (χ1) is 33.2. The number of benzene rings is 9. The Balaban J connectivity index is 0.956. The predicted molar refractivity (Wildman–Crippen MR) is 277 cm³/mol. The maximum Gasteiger partial charge on any atom is 0.160 e. The summed E-state index contributed by atoms with van der Waals surface area (Å²) in [4.78, 5) is 10.4. The Kier molecular flexibility index (Phi) is 10.2. The minimum absolute atomic E-state index is 0.684. The second-order valence-corrected chi connectivity index (χ2v) is 16.8. The molecule has 9 aromatic carbocycles. The Bertz CT molecular complexity index is 3560. The van der Waals surface area contributed by atoms with Crippen LogP contribution in [-0.2, 0) is 0 Å². The van der Waals surface area contributed by atoms with E-state index in [9.17, 15) is 0 Å². The van der Waals surface area contributed by atoms with Gasteiger partial charge in [-0.1, -0.05) is 237 Å². The molecular formula is C63H42N4. The Labute approximate surface area is 389 Å². The van der Waals surface area contributed by atoms with Crippen LogP contribution >= 0.6 is 0 Å². The van der Waals surface area contributed by atoms with Gasteiger partial charge in [0, 0.05) is 38.8 Å². The number of pyridine rings is 1. The summed E-state index contributed by atoms with van der Waals surface area (Å²) in [7, 11) is 0. The van der Waals surface area contributed by atoms with Gasteiger partial charge in [0.2, 0.25) is 0 Å². The van der Waals surface area contributed by atoms with E-state index in [4.69, 9.17) is 15.1 Å². The number of aromatic nitrogens is 4. The zero-order chi connectivity index (χ0) is 44.5. The average molecular weight is 855 g/mol. The fourth-order valence-corrected chi connectivity index (χ4v) is 9.23. The molecule has 67 heavy (non-hydrogen) atoms. The van der Waals surface area contributed by atoms with E-state index in [1.165, 1.54) is 16.7 Å². The molecule has 0 spiro atoms. The lowest BCUT2D eigenvalue weighted by molar-refractivity contribution is 0.979. The van der Waals surface area contributed by atoms with Crippen LogP contribution in [0.25, 0.3) is 117 Å². The van der Waals surface area contributed by atoms with E-state index < -0.39 is 0 Å². The summed E-state index contributed by atoms with van der Waals surface area (Å²) >= 11 is 0. The van der Waals surface area contributed by atoms with Crippen molar-refractivity contribution >= 4 is 16.3 Å². The maximum absolute atomic E-state index is 5.39. The van der Waals surface area contributed by atoms with Gasteiger partial charge < -0.3 is 0 Å². The van der Waals surface area contributed by atoms with Crippen LogP contribution in [-0.4, -0.2) is 19.6 Å². The van der Waals surface area contributed by atoms with Crippen molar-refractivity contribution in [3.05, 3.63) is 255 Å². The second-order valence-electron chi connectivity index (χ2n) is 16.8. The lowest BCUT2D eigenvalue weighted by Gasteiger charge is -2.13. The highest BCUT2D eigenvalue weighted by Gasteiger charge is 2.22. The number of hydrogen-bond donors (Lipinski definition) is 0. The van der Waals surface area contributed by atoms with E-state index in [1.807, 2.05) is 12.1 Å². The van der Waals surface area contributed by atoms with Crippen LogP contribution in [0.5, 0.6) is 0 Å². The normalized spacial score (nSPS) is 11.3. The van der Waals surface area contributed by atoms with Gasteiger partial charge in [0.05, 0.1) is 22.6 Å². The topological polar surface area (TPSA) is 43.1 Å². The third kappa shape index (κ3) is 7.67. The molecular weight excluding hydrogens is 813 g/mol. The van der Waals surface area contributed by atoms with Crippen LogP contribution in [0.2, 0.25) is 0 Å². The maximum atomic E-state index is 5.39. The van der Waals surface area contributed by atoms with Gasteiger partial charge in [-0.2, -0.15) is 5.10 Å². The van der Waals surface area contributed by atoms with Crippen molar-refractivity contribution in [3.8, 4) is 101 Å². The van der Waals surface area contributed by atoms with Crippen molar-refractivity contribution in [2.75, 3.05) is 0 Å². The van der Waals surface area contributed by atoms with Crippen molar-refractivity contribution in [1.29, 1.82) is 0 Å². The Morgan fingerprint density at radius 1 is 0.284 bits per heavy atom. The van der Waals surface area contributed by atoms with E-state index in [0.717, 1.165) is 94.7 Å². The van der Waals surface area contributed by atoms with Crippen molar-refractivity contribution in [2.45, 2.75) is 0 Å². The van der Waals surface area contributed by atoms with Crippen LogP contribution in [0.3, 0.4) is 0 Å². The summed E-state index contributed by atoms with van der Waals surface area (Å²) in [5.41, 5.74) is 19.2. The third-order valence-electron chi connectivity index (χ3n) is 12.7. The molecule has 0 atom stereocenters. The fraction of sp³-hybridized carbons (Fsp3) is 0. The van der Waals surface area contributed by atoms with E-state index in [-0.39, 0.29) is 0 Å². The van der Waals surface area contributed by atoms with Crippen molar-refractivity contribution in [3.63, 3.8) is 0 Å². The molecule has 0 fully saturated rings. The molecule has 4 nitrogen and oxygen atoms in total. The lowest BCUT2D eigenvalue weighted by atomic mass is 9.95. The quantitative estimate of drug-likeness (QED) is 0.145. The second kappa shape index (κ2) is 17.2. The highest BCUT2D eigenvalue weighted by Crippen LogP contribution is 2.42. The van der Waals surface area contributed by atoms with Gasteiger partial charge in [0.25, 0.3) is 0 Å². The zero-order valence-electron chi connectivity index (χ0n) is 36.5. The highest BCUT2D eigenvalue weighted by atomic mass is 15.2. The number of hydrogen-bond acceptors (Lipinski definition) is 3. The summed E-state index contributed by atoms with van der Waals surface area (Å²) in [5, 5.41) is 7.68. The van der Waals surface area contributed by atoms with Crippen molar-refractivity contribution < 1.29 is 0 Å². The van der Waals surface area contributed by atoms with E-state index in [1.54, 1.807) is 0 Å². The van der Waals surface area contributed by atoms with Crippen molar-refractivity contribution in [1.82, 2.24) is 19.6 Å². The summed E-state index contributed by atoms with van der Waals surface area (Å²) < 4.78 is 2.15. The summed E-state index contributed by atoms with van der Waals surface area (Å²) in [6.45, 7) is 0. The van der Waals surface area contributed by atoms with Gasteiger partial charge in [-0.25, -0.2) is 14.5 Å². The monoisotopic (exact) mass is 854 g/mol. The number of fused-ring (bicyclic) bond motifs is 3. The summed E-state index contributed by atoms with van der Waals surface area (Å²) in [5.74, 6) is 0.684. The molecule has 314 valence electrons. The SMILES string of the molecule is c1ccc(-c2ccc(-c3cc(-c4ccc(-c5ccc6c(c5)cc(-c5ccccc5)n5nc(-c7ccccc7)c(-c7ccccc7)c65)cc4)nc(-c4ccc(-c5ccccc5)cc4)n3)cc2)cc1. The van der Waals surface area contributed by atoms with Crippen molar-refractivity contribution in [2.24, 2.45) is 0 Å². The van der Waals surface area contributed by atoms with Crippen LogP contribution in [0.1, 0.15) is 0 Å². The van der Waals surface area contributed by atoms with Crippen LogP contribution in [0.4, 0.5) is 0 Å². The molecule has 0 saturated heterocycles. The standard InChI is InChI=1S/C63H42N4/c1-6-16-43(17-7-1)45-26-32-48(33-27-45)57-42-58(65-63(64-57)53-36-30-46(31-37-53)44-18-8-2-9-19-44)49-34-28-47(29-35-49)54-38-39-56-55(40-54)41-59(50-20-10-3-11-21-50)67-62(56)60(51-22-12-4-13-23-51)61(66-67)52-24-14-5-15-25-52/h1-42H. The predicted octanol–water partition coefficient (Wildman–Crippen LogP) is 16.3. The van der Waals surface area contributed by atoms with E-state index >= 15 is 0 Å².